The maximum absolute atomic E-state index is 11.1. The molecule has 0 unspecified atom stereocenters. The van der Waals surface area contributed by atoms with Crippen molar-refractivity contribution in [1.29, 1.82) is 0 Å². The molecule has 1 aromatic rings. The first kappa shape index (κ1) is 16.2. The smallest absolute Gasteiger partial charge is 0.249 e. The van der Waals surface area contributed by atoms with E-state index in [-0.39, 0.29) is 0 Å². The molecule has 0 atom stereocenters. The van der Waals surface area contributed by atoms with Crippen molar-refractivity contribution in [3.63, 3.8) is 0 Å². The highest BCUT2D eigenvalue weighted by molar-refractivity contribution is 6.02. The molecule has 110 valence electrons. The molecule has 0 spiro atoms. The van der Waals surface area contributed by atoms with E-state index in [1.807, 2.05) is 0 Å². The van der Waals surface area contributed by atoms with E-state index in [1.165, 1.54) is 25.7 Å². The minimum absolute atomic E-state index is 0.417. The van der Waals surface area contributed by atoms with Crippen molar-refractivity contribution in [2.75, 3.05) is 0 Å². The molecule has 2 bridgehead atoms. The zero-order chi connectivity index (χ0) is 15.1. The quantitative estimate of drug-likeness (QED) is 0.810. The van der Waals surface area contributed by atoms with E-state index in [0.29, 0.717) is 23.1 Å². The number of unbranched alkanes of at least 4 members (excludes halogenated alkanes) is 3. The largest absolute Gasteiger partial charge is 0.366 e. The van der Waals surface area contributed by atoms with E-state index in [1.54, 1.807) is 12.1 Å². The number of primary amides is 2. The number of nitrogens with two attached hydrogens (primary N) is 2. The second-order valence-electron chi connectivity index (χ2n) is 5.06. The summed E-state index contributed by atoms with van der Waals surface area (Å²) in [5, 5.41) is 0. The zero-order valence-electron chi connectivity index (χ0n) is 12.4. The molecule has 2 rings (SSSR count). The lowest BCUT2D eigenvalue weighted by molar-refractivity contribution is 0.0998. The molecule has 0 fully saturated rings. The van der Waals surface area contributed by atoms with Crippen molar-refractivity contribution in [2.45, 2.75) is 52.4 Å². The number of hydrogen-bond acceptors (Lipinski definition) is 2. The van der Waals surface area contributed by atoms with Gasteiger partial charge in [-0.1, -0.05) is 45.6 Å². The van der Waals surface area contributed by atoms with Gasteiger partial charge < -0.3 is 11.5 Å². The Hall–Kier alpha value is -1.84. The highest BCUT2D eigenvalue weighted by Crippen LogP contribution is 2.27. The lowest BCUT2D eigenvalue weighted by Crippen LogP contribution is -2.18. The summed E-state index contributed by atoms with van der Waals surface area (Å²) in [5.41, 5.74) is 13.0. The predicted molar refractivity (Wildman–Crippen MR) is 80.7 cm³/mol. The number of fused-ring (bicyclic) bond motifs is 2. The van der Waals surface area contributed by atoms with Gasteiger partial charge in [0.1, 0.15) is 0 Å². The Labute approximate surface area is 120 Å². The summed E-state index contributed by atoms with van der Waals surface area (Å²) < 4.78 is 0. The number of rotatable bonds is 5. The molecule has 1 aliphatic carbocycles. The van der Waals surface area contributed by atoms with E-state index in [0.717, 1.165) is 12.0 Å². The van der Waals surface area contributed by atoms with Gasteiger partial charge >= 0.3 is 0 Å². The summed E-state index contributed by atoms with van der Waals surface area (Å²) in [4.78, 5) is 22.2. The average Bonchev–Trinajstić information content (AvgIpc) is 2.71. The van der Waals surface area contributed by atoms with Gasteiger partial charge in [0.05, 0.1) is 0 Å². The minimum Gasteiger partial charge on any atom is -0.366 e. The topological polar surface area (TPSA) is 86.2 Å². The lowest BCUT2D eigenvalue weighted by Gasteiger charge is -2.04. The number of carbonyl (C=O) groups excluding carboxylic acids is 2. The van der Waals surface area contributed by atoms with Crippen LogP contribution in [0.1, 0.15) is 71.4 Å². The van der Waals surface area contributed by atoms with Crippen LogP contribution in [0.2, 0.25) is 0 Å². The van der Waals surface area contributed by atoms with Gasteiger partial charge in [0, 0.05) is 11.1 Å². The van der Waals surface area contributed by atoms with Crippen LogP contribution in [0.15, 0.2) is 12.1 Å². The Bertz CT molecular complexity index is 491. The standard InChI is InChI=1S/C10H10N2O2.C6H14/c11-9(13)7-4-2-5-1-3-6(7)8(5)10(12)14;1-3-5-6-4-2/h2,4H,1,3H2,(H2,11,13)(H2,12,14);3-6H2,1-2H3. The van der Waals surface area contributed by atoms with Gasteiger partial charge in [-0.05, 0) is 30.0 Å². The fourth-order valence-electron chi connectivity index (χ4n) is 2.46. The fourth-order valence-corrected chi connectivity index (χ4v) is 2.46. The van der Waals surface area contributed by atoms with E-state index >= 15 is 0 Å². The van der Waals surface area contributed by atoms with Crippen LogP contribution in [0.5, 0.6) is 0 Å². The molecule has 1 aliphatic rings. The Morgan fingerprint density at radius 1 is 1.00 bits per heavy atom. The first-order chi connectivity index (χ1) is 9.52. The van der Waals surface area contributed by atoms with E-state index < -0.39 is 11.8 Å². The van der Waals surface area contributed by atoms with Crippen molar-refractivity contribution in [3.05, 3.63) is 34.4 Å². The molecule has 0 aliphatic heterocycles. The third-order valence-corrected chi connectivity index (χ3v) is 3.51. The molecule has 0 aromatic heterocycles. The molecular weight excluding hydrogens is 252 g/mol. The summed E-state index contributed by atoms with van der Waals surface area (Å²) in [6.07, 6.45) is 6.98. The fraction of sp³-hybridized carbons (Fsp3) is 0.500. The van der Waals surface area contributed by atoms with Crippen LogP contribution in [0, 0.1) is 0 Å². The van der Waals surface area contributed by atoms with E-state index in [2.05, 4.69) is 13.8 Å². The average molecular weight is 276 g/mol. The maximum Gasteiger partial charge on any atom is 0.249 e. The van der Waals surface area contributed by atoms with Crippen LogP contribution in [0.4, 0.5) is 0 Å². The molecule has 4 heteroatoms. The summed E-state index contributed by atoms with van der Waals surface area (Å²) in [6.45, 7) is 4.46. The van der Waals surface area contributed by atoms with Crippen molar-refractivity contribution >= 4 is 11.8 Å². The Balaban J connectivity index is 0.000000286. The first-order valence-electron chi connectivity index (χ1n) is 7.27. The van der Waals surface area contributed by atoms with Crippen LogP contribution < -0.4 is 11.5 Å². The van der Waals surface area contributed by atoms with Gasteiger partial charge in [-0.25, -0.2) is 0 Å². The molecule has 1 aromatic carbocycles. The van der Waals surface area contributed by atoms with Gasteiger partial charge in [-0.3, -0.25) is 9.59 Å². The van der Waals surface area contributed by atoms with Gasteiger partial charge in [0.15, 0.2) is 0 Å². The monoisotopic (exact) mass is 276 g/mol. The Morgan fingerprint density at radius 3 is 2.05 bits per heavy atom. The molecular formula is C16H24N2O2. The highest BCUT2D eigenvalue weighted by atomic mass is 16.1. The number of aryl methyl sites for hydroxylation is 1. The molecule has 4 nitrogen and oxygen atoms in total. The highest BCUT2D eigenvalue weighted by Gasteiger charge is 2.24. The number of hydrogen-bond donors (Lipinski definition) is 2. The van der Waals surface area contributed by atoms with Crippen LogP contribution >= 0.6 is 0 Å². The third-order valence-electron chi connectivity index (χ3n) is 3.51. The Morgan fingerprint density at radius 2 is 1.60 bits per heavy atom. The van der Waals surface area contributed by atoms with Crippen LogP contribution in [0.25, 0.3) is 0 Å². The predicted octanol–water partition coefficient (Wildman–Crippen LogP) is 2.57. The number of benzene rings is 1. The van der Waals surface area contributed by atoms with Gasteiger partial charge in [0.25, 0.3) is 0 Å². The lowest BCUT2D eigenvalue weighted by atomic mass is 10.0. The first-order valence-corrected chi connectivity index (χ1v) is 7.27. The van der Waals surface area contributed by atoms with Crippen molar-refractivity contribution < 1.29 is 9.59 Å². The van der Waals surface area contributed by atoms with E-state index in [9.17, 15) is 9.59 Å². The molecule has 0 radical (unpaired) electrons. The number of carbonyl (C=O) groups is 2. The molecule has 4 N–H and O–H groups in total. The van der Waals surface area contributed by atoms with Crippen LogP contribution in [0.3, 0.4) is 0 Å². The summed E-state index contributed by atoms with van der Waals surface area (Å²) in [6, 6.07) is 3.41. The van der Waals surface area contributed by atoms with E-state index in [4.69, 9.17) is 11.5 Å². The minimum atomic E-state index is -0.504. The Kier molecular flexibility index (Phi) is 6.22. The second-order valence-corrected chi connectivity index (χ2v) is 5.06. The SMILES string of the molecule is CCCCCC.NC(=O)c1ccc2c(C(N)=O)c1CC2. The summed E-state index contributed by atoms with van der Waals surface area (Å²) in [5.74, 6) is -0.980. The van der Waals surface area contributed by atoms with Crippen molar-refractivity contribution in [2.24, 2.45) is 11.5 Å². The normalized spacial score (nSPS) is 11.7. The van der Waals surface area contributed by atoms with Crippen molar-refractivity contribution in [3.8, 4) is 0 Å². The maximum atomic E-state index is 11.1. The van der Waals surface area contributed by atoms with Crippen LogP contribution in [-0.4, -0.2) is 11.8 Å². The van der Waals surface area contributed by atoms with Gasteiger partial charge in [-0.2, -0.15) is 0 Å². The summed E-state index contributed by atoms with van der Waals surface area (Å²) >= 11 is 0. The number of amides is 2. The molecule has 20 heavy (non-hydrogen) atoms. The van der Waals surface area contributed by atoms with Crippen molar-refractivity contribution in [1.82, 2.24) is 0 Å². The van der Waals surface area contributed by atoms with Gasteiger partial charge in [-0.15, -0.1) is 0 Å². The van der Waals surface area contributed by atoms with Gasteiger partial charge in [0.2, 0.25) is 11.8 Å². The molecule has 2 amide bonds. The summed E-state index contributed by atoms with van der Waals surface area (Å²) in [7, 11) is 0. The molecule has 0 saturated heterocycles. The zero-order valence-corrected chi connectivity index (χ0v) is 12.4. The third kappa shape index (κ3) is 3.83. The molecule has 0 heterocycles. The molecule has 0 saturated carbocycles. The van der Waals surface area contributed by atoms with Crippen LogP contribution in [-0.2, 0) is 12.8 Å². The second kappa shape index (κ2) is 7.68.